The van der Waals surface area contributed by atoms with Crippen LogP contribution in [0.4, 0.5) is 11.6 Å². The summed E-state index contributed by atoms with van der Waals surface area (Å²) in [5.74, 6) is 3.13. The van der Waals surface area contributed by atoms with E-state index in [1.807, 2.05) is 18.2 Å². The van der Waals surface area contributed by atoms with Gasteiger partial charge >= 0.3 is 0 Å². The first-order valence-corrected chi connectivity index (χ1v) is 11.3. The van der Waals surface area contributed by atoms with E-state index >= 15 is 0 Å². The minimum Gasteiger partial charge on any atom is -0.501 e. The van der Waals surface area contributed by atoms with Gasteiger partial charge in [0.05, 0.1) is 24.1 Å². The maximum Gasteiger partial charge on any atom is 0.159 e. The third-order valence-electron chi connectivity index (χ3n) is 6.42. The SMILES string of the molecule is COC1=CC=CCC1Cc1nnc(N2CCN(c3ccc(C#N)cn3)CC2)c2ccccc12. The van der Waals surface area contributed by atoms with E-state index in [1.54, 1.807) is 13.3 Å². The fraction of sp³-hybridized carbons (Fsp3) is 0.308. The normalized spacial score (nSPS) is 18.2. The molecule has 2 aromatic heterocycles. The predicted octanol–water partition coefficient (Wildman–Crippen LogP) is 3.87. The van der Waals surface area contributed by atoms with Gasteiger partial charge < -0.3 is 14.5 Å². The first-order chi connectivity index (χ1) is 16.3. The molecule has 1 aliphatic heterocycles. The van der Waals surface area contributed by atoms with E-state index in [0.29, 0.717) is 5.56 Å². The number of fused-ring (bicyclic) bond motifs is 1. The molecule has 1 saturated heterocycles. The fourth-order valence-electron chi connectivity index (χ4n) is 4.63. The average Bonchev–Trinajstić information content (AvgIpc) is 2.89. The van der Waals surface area contributed by atoms with Crippen molar-refractivity contribution < 1.29 is 4.74 Å². The number of allylic oxidation sites excluding steroid dienone is 4. The molecule has 0 spiro atoms. The van der Waals surface area contributed by atoms with Gasteiger partial charge in [-0.3, -0.25) is 0 Å². The van der Waals surface area contributed by atoms with Crippen LogP contribution in [-0.2, 0) is 11.2 Å². The highest BCUT2D eigenvalue weighted by molar-refractivity contribution is 5.93. The van der Waals surface area contributed by atoms with Crippen molar-refractivity contribution in [2.24, 2.45) is 5.92 Å². The minimum absolute atomic E-state index is 0.284. The highest BCUT2D eigenvalue weighted by Crippen LogP contribution is 2.31. The molecule has 3 aromatic rings. The standard InChI is InChI=1S/C26H26N6O/c1-33-24-9-5-2-6-20(24)16-23-21-7-3-4-8-22(21)26(30-29-23)32-14-12-31(13-15-32)25-11-10-19(17-27)18-28-25/h2-5,7-11,18,20H,6,12-16H2,1H3. The van der Waals surface area contributed by atoms with Crippen molar-refractivity contribution in [3.8, 4) is 6.07 Å². The van der Waals surface area contributed by atoms with Gasteiger partial charge in [0, 0.05) is 55.5 Å². The molecule has 166 valence electrons. The number of benzene rings is 1. The van der Waals surface area contributed by atoms with Crippen molar-refractivity contribution >= 4 is 22.4 Å². The van der Waals surface area contributed by atoms with E-state index in [1.165, 1.54) is 0 Å². The Bertz CT molecular complexity index is 1240. The number of hydrogen-bond donors (Lipinski definition) is 0. The van der Waals surface area contributed by atoms with Gasteiger partial charge in [-0.25, -0.2) is 4.98 Å². The van der Waals surface area contributed by atoms with Crippen molar-refractivity contribution in [1.29, 1.82) is 5.26 Å². The average molecular weight is 439 g/mol. The van der Waals surface area contributed by atoms with Gasteiger partial charge in [0.15, 0.2) is 5.82 Å². The Morgan fingerprint density at radius 1 is 1.03 bits per heavy atom. The van der Waals surface area contributed by atoms with Crippen molar-refractivity contribution in [2.45, 2.75) is 12.8 Å². The molecule has 0 radical (unpaired) electrons. The molecule has 2 aliphatic rings. The summed E-state index contributed by atoms with van der Waals surface area (Å²) in [5.41, 5.74) is 1.59. The van der Waals surface area contributed by atoms with Crippen LogP contribution in [0.15, 0.2) is 66.6 Å². The predicted molar refractivity (Wildman–Crippen MR) is 129 cm³/mol. The van der Waals surface area contributed by atoms with Crippen molar-refractivity contribution in [3.05, 3.63) is 77.8 Å². The summed E-state index contributed by atoms with van der Waals surface area (Å²) >= 11 is 0. The zero-order valence-corrected chi connectivity index (χ0v) is 18.7. The molecular formula is C26H26N6O. The molecule has 1 fully saturated rings. The molecule has 1 aliphatic carbocycles. The molecule has 1 aromatic carbocycles. The van der Waals surface area contributed by atoms with Crippen LogP contribution in [0.5, 0.6) is 0 Å². The lowest BCUT2D eigenvalue weighted by Gasteiger charge is -2.36. The summed E-state index contributed by atoms with van der Waals surface area (Å²) in [7, 11) is 1.73. The number of nitrogens with zero attached hydrogens (tertiary/aromatic N) is 6. The lowest BCUT2D eigenvalue weighted by Crippen LogP contribution is -2.47. The Kier molecular flexibility index (Phi) is 5.90. The molecular weight excluding hydrogens is 412 g/mol. The molecule has 0 bridgehead atoms. The molecule has 0 amide bonds. The first kappa shape index (κ1) is 21.0. The van der Waals surface area contributed by atoms with Crippen LogP contribution in [0.3, 0.4) is 0 Å². The summed E-state index contributed by atoms with van der Waals surface area (Å²) in [6.45, 7) is 3.35. The van der Waals surface area contributed by atoms with Gasteiger partial charge in [0.25, 0.3) is 0 Å². The Labute approximate surface area is 193 Å². The second-order valence-electron chi connectivity index (χ2n) is 8.34. The van der Waals surface area contributed by atoms with Gasteiger partial charge in [-0.05, 0) is 24.6 Å². The molecule has 1 unspecified atom stereocenters. The maximum atomic E-state index is 8.99. The smallest absolute Gasteiger partial charge is 0.159 e. The second kappa shape index (κ2) is 9.29. The topological polar surface area (TPSA) is 78.2 Å². The number of methoxy groups -OCH3 is 1. The number of rotatable bonds is 5. The summed E-state index contributed by atoms with van der Waals surface area (Å²) in [4.78, 5) is 8.99. The number of piperazine rings is 1. The summed E-state index contributed by atoms with van der Waals surface area (Å²) < 4.78 is 5.59. The molecule has 7 heteroatoms. The van der Waals surface area contributed by atoms with Crippen LogP contribution in [-0.4, -0.2) is 48.5 Å². The van der Waals surface area contributed by atoms with E-state index < -0.39 is 0 Å². The van der Waals surface area contributed by atoms with Crippen LogP contribution < -0.4 is 9.80 Å². The van der Waals surface area contributed by atoms with E-state index in [2.05, 4.69) is 62.4 Å². The molecule has 33 heavy (non-hydrogen) atoms. The Balaban J connectivity index is 1.35. The van der Waals surface area contributed by atoms with Gasteiger partial charge in [0.2, 0.25) is 0 Å². The maximum absolute atomic E-state index is 8.99. The third-order valence-corrected chi connectivity index (χ3v) is 6.42. The van der Waals surface area contributed by atoms with E-state index in [0.717, 1.165) is 72.9 Å². The van der Waals surface area contributed by atoms with E-state index in [-0.39, 0.29) is 5.92 Å². The molecule has 0 saturated carbocycles. The first-order valence-electron chi connectivity index (χ1n) is 11.3. The molecule has 0 N–H and O–H groups in total. The summed E-state index contributed by atoms with van der Waals surface area (Å²) in [6.07, 6.45) is 9.65. The van der Waals surface area contributed by atoms with Gasteiger partial charge in [0.1, 0.15) is 11.9 Å². The minimum atomic E-state index is 0.284. The molecule has 3 heterocycles. The van der Waals surface area contributed by atoms with Crippen LogP contribution >= 0.6 is 0 Å². The Morgan fingerprint density at radius 2 is 1.82 bits per heavy atom. The molecule has 5 rings (SSSR count). The number of hydrogen-bond acceptors (Lipinski definition) is 7. The van der Waals surface area contributed by atoms with Crippen molar-refractivity contribution in [2.75, 3.05) is 43.1 Å². The number of aromatic nitrogens is 3. The lowest BCUT2D eigenvalue weighted by molar-refractivity contribution is 0.238. The quantitative estimate of drug-likeness (QED) is 0.598. The zero-order chi connectivity index (χ0) is 22.6. The van der Waals surface area contributed by atoms with Gasteiger partial charge in [-0.15, -0.1) is 5.10 Å². The summed E-state index contributed by atoms with van der Waals surface area (Å²) in [5, 5.41) is 20.7. The lowest BCUT2D eigenvalue weighted by atomic mass is 9.92. The Hall–Kier alpha value is -3.92. The number of nitriles is 1. The number of pyridine rings is 1. The monoisotopic (exact) mass is 438 g/mol. The molecule has 1 atom stereocenters. The van der Waals surface area contributed by atoms with Gasteiger partial charge in [-0.1, -0.05) is 36.4 Å². The van der Waals surface area contributed by atoms with Crippen molar-refractivity contribution in [1.82, 2.24) is 15.2 Å². The third kappa shape index (κ3) is 4.24. The van der Waals surface area contributed by atoms with Crippen molar-refractivity contribution in [3.63, 3.8) is 0 Å². The van der Waals surface area contributed by atoms with Crippen LogP contribution in [0.25, 0.3) is 10.8 Å². The van der Waals surface area contributed by atoms with Crippen LogP contribution in [0.1, 0.15) is 17.7 Å². The summed E-state index contributed by atoms with van der Waals surface area (Å²) in [6, 6.07) is 14.3. The highest BCUT2D eigenvalue weighted by atomic mass is 16.5. The fourth-order valence-corrected chi connectivity index (χ4v) is 4.63. The molecule has 7 nitrogen and oxygen atoms in total. The largest absolute Gasteiger partial charge is 0.501 e. The second-order valence-corrected chi connectivity index (χ2v) is 8.34. The van der Waals surface area contributed by atoms with Crippen LogP contribution in [0, 0.1) is 17.2 Å². The Morgan fingerprint density at radius 3 is 2.55 bits per heavy atom. The van der Waals surface area contributed by atoms with E-state index in [4.69, 9.17) is 15.1 Å². The van der Waals surface area contributed by atoms with Gasteiger partial charge in [-0.2, -0.15) is 10.4 Å². The number of ether oxygens (including phenoxy) is 1. The highest BCUT2D eigenvalue weighted by Gasteiger charge is 2.24. The van der Waals surface area contributed by atoms with E-state index in [9.17, 15) is 0 Å². The number of anilines is 2. The van der Waals surface area contributed by atoms with Crippen LogP contribution in [0.2, 0.25) is 0 Å². The zero-order valence-electron chi connectivity index (χ0n) is 18.7.